The summed E-state index contributed by atoms with van der Waals surface area (Å²) in [6, 6.07) is 3.40. The van der Waals surface area contributed by atoms with Crippen molar-refractivity contribution in [2.24, 2.45) is 0 Å². The molecule has 0 spiro atoms. The molecule has 0 saturated carbocycles. The summed E-state index contributed by atoms with van der Waals surface area (Å²) in [5, 5.41) is 0.258. The summed E-state index contributed by atoms with van der Waals surface area (Å²) in [5.74, 6) is 0.400. The molecule has 6 heteroatoms. The number of rotatable bonds is 2. The molecule has 1 fully saturated rings. The van der Waals surface area contributed by atoms with Gasteiger partial charge in [0.25, 0.3) is 0 Å². The van der Waals surface area contributed by atoms with E-state index >= 15 is 0 Å². The summed E-state index contributed by atoms with van der Waals surface area (Å²) in [6.45, 7) is -0.0184. The van der Waals surface area contributed by atoms with Gasteiger partial charge in [0.15, 0.2) is 5.67 Å². The van der Waals surface area contributed by atoms with Crippen molar-refractivity contribution < 1.29 is 13.9 Å². The normalized spacial score (nSPS) is 17.5. The van der Waals surface area contributed by atoms with Gasteiger partial charge in [0, 0.05) is 17.8 Å². The first-order valence-corrected chi connectivity index (χ1v) is 5.78. The maximum atomic E-state index is 14.5. The molecule has 3 rings (SSSR count). The van der Waals surface area contributed by atoms with Crippen LogP contribution in [0.15, 0.2) is 18.3 Å². The Balaban J connectivity index is 2.29. The van der Waals surface area contributed by atoms with Crippen LogP contribution >= 0.6 is 11.6 Å². The van der Waals surface area contributed by atoms with E-state index in [-0.39, 0.29) is 18.2 Å². The van der Waals surface area contributed by atoms with Crippen LogP contribution in [0.25, 0.3) is 11.0 Å². The van der Waals surface area contributed by atoms with E-state index in [0.29, 0.717) is 22.5 Å². The van der Waals surface area contributed by atoms with Crippen molar-refractivity contribution in [2.45, 2.75) is 5.67 Å². The molecule has 4 nitrogen and oxygen atoms in total. The fourth-order valence-corrected chi connectivity index (χ4v) is 2.30. The maximum absolute atomic E-state index is 14.5. The second kappa shape index (κ2) is 4.03. The Kier molecular flexibility index (Phi) is 2.60. The Labute approximate surface area is 108 Å². The molecule has 1 aliphatic heterocycles. The molecule has 0 amide bonds. The second-order valence-electron chi connectivity index (χ2n) is 4.16. The number of aromatic nitrogens is 2. The van der Waals surface area contributed by atoms with Gasteiger partial charge < -0.3 is 9.47 Å². The number of nitrogens with zero attached hydrogens (tertiary/aromatic N) is 2. The first kappa shape index (κ1) is 11.6. The van der Waals surface area contributed by atoms with Crippen LogP contribution in [0.3, 0.4) is 0 Å². The summed E-state index contributed by atoms with van der Waals surface area (Å²) >= 11 is 6.06. The monoisotopic (exact) mass is 268 g/mol. The zero-order valence-electron chi connectivity index (χ0n) is 9.61. The molecule has 18 heavy (non-hydrogen) atoms. The number of fused-ring (bicyclic) bond motifs is 1. The molecule has 1 saturated heterocycles. The van der Waals surface area contributed by atoms with Crippen LogP contribution in [-0.2, 0) is 10.4 Å². The van der Waals surface area contributed by atoms with Crippen molar-refractivity contribution in [2.75, 3.05) is 20.3 Å². The summed E-state index contributed by atoms with van der Waals surface area (Å²) in [4.78, 5) is 8.37. The Morgan fingerprint density at radius 2 is 2.22 bits per heavy atom. The number of hydrogen-bond acceptors (Lipinski definition) is 4. The van der Waals surface area contributed by atoms with Crippen LogP contribution in [0, 0.1) is 0 Å². The minimum absolute atomic E-state index is 0.00920. The van der Waals surface area contributed by atoms with Gasteiger partial charge >= 0.3 is 0 Å². The largest absolute Gasteiger partial charge is 0.481 e. The molecule has 0 radical (unpaired) electrons. The van der Waals surface area contributed by atoms with Crippen molar-refractivity contribution in [3.8, 4) is 5.88 Å². The molecule has 3 heterocycles. The molecule has 0 bridgehead atoms. The van der Waals surface area contributed by atoms with Crippen LogP contribution in [0.1, 0.15) is 5.56 Å². The van der Waals surface area contributed by atoms with Crippen LogP contribution < -0.4 is 4.74 Å². The van der Waals surface area contributed by atoms with Gasteiger partial charge in [0.05, 0.1) is 30.9 Å². The molecular formula is C12H10ClFN2O2. The van der Waals surface area contributed by atoms with E-state index in [1.807, 2.05) is 0 Å². The number of hydrogen-bond donors (Lipinski definition) is 0. The molecule has 0 aliphatic carbocycles. The quantitative estimate of drug-likeness (QED) is 0.839. The SMILES string of the molecule is COc1ccc2ncc(Cl)c(C3(F)COC3)c2n1. The minimum atomic E-state index is -1.59. The fraction of sp³-hybridized carbons (Fsp3) is 0.333. The Morgan fingerprint density at radius 1 is 1.44 bits per heavy atom. The predicted molar refractivity (Wildman–Crippen MR) is 64.7 cm³/mol. The van der Waals surface area contributed by atoms with Crippen molar-refractivity contribution in [3.63, 3.8) is 0 Å². The molecular weight excluding hydrogens is 259 g/mol. The molecule has 0 unspecified atom stereocenters. The molecule has 0 atom stereocenters. The Bertz CT molecular complexity index is 616. The standard InChI is InChI=1S/C12H10ClFN2O2/c1-17-9-3-2-8-11(16-9)10(7(13)4-15-8)12(14)5-18-6-12/h2-4H,5-6H2,1H3. The number of halogens is 2. The molecule has 2 aromatic rings. The fourth-order valence-electron chi connectivity index (χ4n) is 1.99. The van der Waals surface area contributed by atoms with Gasteiger partial charge in [-0.3, -0.25) is 4.98 Å². The van der Waals surface area contributed by atoms with E-state index < -0.39 is 5.67 Å². The average molecular weight is 269 g/mol. The van der Waals surface area contributed by atoms with Crippen LogP contribution in [0.2, 0.25) is 5.02 Å². The highest BCUT2D eigenvalue weighted by atomic mass is 35.5. The number of alkyl halides is 1. The van der Waals surface area contributed by atoms with E-state index in [1.54, 1.807) is 12.1 Å². The third kappa shape index (κ3) is 1.62. The van der Waals surface area contributed by atoms with E-state index in [1.165, 1.54) is 13.3 Å². The lowest BCUT2D eigenvalue weighted by atomic mass is 9.93. The van der Waals surface area contributed by atoms with Gasteiger partial charge in [-0.1, -0.05) is 11.6 Å². The average Bonchev–Trinajstić information content (AvgIpc) is 2.35. The maximum Gasteiger partial charge on any atom is 0.213 e. The number of pyridine rings is 2. The van der Waals surface area contributed by atoms with Gasteiger partial charge in [0.1, 0.15) is 5.52 Å². The first-order valence-electron chi connectivity index (χ1n) is 5.40. The smallest absolute Gasteiger partial charge is 0.213 e. The van der Waals surface area contributed by atoms with Crippen LogP contribution in [0.4, 0.5) is 4.39 Å². The second-order valence-corrected chi connectivity index (χ2v) is 4.57. The molecule has 0 aromatic carbocycles. The van der Waals surface area contributed by atoms with Crippen molar-refractivity contribution in [1.82, 2.24) is 9.97 Å². The van der Waals surface area contributed by atoms with Gasteiger partial charge in [-0.15, -0.1) is 0 Å². The molecule has 1 aliphatic rings. The lowest BCUT2D eigenvalue weighted by Crippen LogP contribution is -2.43. The summed E-state index contributed by atoms with van der Waals surface area (Å²) in [5.41, 5.74) is -0.247. The predicted octanol–water partition coefficient (Wildman–Crippen LogP) is 2.49. The minimum Gasteiger partial charge on any atom is -0.481 e. The Morgan fingerprint density at radius 3 is 2.83 bits per heavy atom. The van der Waals surface area contributed by atoms with E-state index in [9.17, 15) is 4.39 Å². The van der Waals surface area contributed by atoms with Crippen molar-refractivity contribution >= 4 is 22.6 Å². The first-order chi connectivity index (χ1) is 8.64. The topological polar surface area (TPSA) is 44.2 Å². The zero-order valence-corrected chi connectivity index (χ0v) is 10.4. The third-order valence-corrected chi connectivity index (χ3v) is 3.25. The van der Waals surface area contributed by atoms with Gasteiger partial charge in [-0.05, 0) is 6.07 Å². The highest BCUT2D eigenvalue weighted by Crippen LogP contribution is 2.41. The summed E-state index contributed by atoms with van der Waals surface area (Å²) in [6.07, 6.45) is 1.44. The highest BCUT2D eigenvalue weighted by Gasteiger charge is 2.44. The van der Waals surface area contributed by atoms with Crippen molar-refractivity contribution in [1.29, 1.82) is 0 Å². The highest BCUT2D eigenvalue weighted by molar-refractivity contribution is 6.32. The van der Waals surface area contributed by atoms with E-state index in [4.69, 9.17) is 21.1 Å². The summed E-state index contributed by atoms with van der Waals surface area (Å²) in [7, 11) is 1.50. The lowest BCUT2D eigenvalue weighted by molar-refractivity contribution is -0.134. The lowest BCUT2D eigenvalue weighted by Gasteiger charge is -2.34. The molecule has 94 valence electrons. The van der Waals surface area contributed by atoms with Gasteiger partial charge in [0.2, 0.25) is 5.88 Å². The number of ether oxygens (including phenoxy) is 2. The zero-order chi connectivity index (χ0) is 12.8. The van der Waals surface area contributed by atoms with Crippen LogP contribution in [0.5, 0.6) is 5.88 Å². The van der Waals surface area contributed by atoms with Gasteiger partial charge in [-0.25, -0.2) is 9.37 Å². The van der Waals surface area contributed by atoms with Gasteiger partial charge in [-0.2, -0.15) is 0 Å². The van der Waals surface area contributed by atoms with E-state index in [0.717, 1.165) is 0 Å². The van der Waals surface area contributed by atoms with Crippen LogP contribution in [-0.4, -0.2) is 30.3 Å². The number of methoxy groups -OCH3 is 1. The van der Waals surface area contributed by atoms with Crippen molar-refractivity contribution in [3.05, 3.63) is 28.9 Å². The third-order valence-electron chi connectivity index (χ3n) is 2.96. The summed E-state index contributed by atoms with van der Waals surface area (Å²) < 4.78 is 24.5. The molecule has 2 aromatic heterocycles. The van der Waals surface area contributed by atoms with E-state index in [2.05, 4.69) is 9.97 Å². The Hall–Kier alpha value is -1.46. The molecule has 0 N–H and O–H groups in total.